The van der Waals surface area contributed by atoms with Crippen LogP contribution in [0.4, 0.5) is 0 Å². The topological polar surface area (TPSA) is 172 Å². The van der Waals surface area contributed by atoms with Crippen molar-refractivity contribution in [3.05, 3.63) is 23.8 Å². The van der Waals surface area contributed by atoms with Gasteiger partial charge in [0.1, 0.15) is 18.3 Å². The normalized spacial score (nSPS) is 16.2. The number of phenols is 1. The van der Waals surface area contributed by atoms with E-state index in [1.165, 1.54) is 24.4 Å². The van der Waals surface area contributed by atoms with Gasteiger partial charge in [0.2, 0.25) is 0 Å². The Kier molecular flexibility index (Phi) is 8.25. The summed E-state index contributed by atoms with van der Waals surface area (Å²) in [5.41, 5.74) is 2.43. The Bertz CT molecular complexity index is 595. The molecule has 0 aromatic heterocycles. The molecule has 140 valence electrons. The molecule has 25 heavy (non-hydrogen) atoms. The van der Waals surface area contributed by atoms with Crippen molar-refractivity contribution in [1.82, 2.24) is 5.43 Å². The molecule has 0 saturated carbocycles. The third-order valence-corrected chi connectivity index (χ3v) is 3.20. The van der Waals surface area contributed by atoms with E-state index in [-0.39, 0.29) is 11.5 Å². The molecule has 0 saturated heterocycles. The SMILES string of the molecule is CCOc1cc(/C=N\NC(=O)[C@H](O)[C@H](O)[C@H](O)[C@H](O)CO)ccc1O. The van der Waals surface area contributed by atoms with Crippen molar-refractivity contribution in [3.63, 3.8) is 0 Å². The van der Waals surface area contributed by atoms with E-state index >= 15 is 0 Å². The van der Waals surface area contributed by atoms with Gasteiger partial charge in [0.25, 0.3) is 5.91 Å². The highest BCUT2D eigenvalue weighted by Crippen LogP contribution is 2.26. The number of hydrogen-bond donors (Lipinski definition) is 7. The van der Waals surface area contributed by atoms with Gasteiger partial charge in [-0.05, 0) is 30.7 Å². The maximum atomic E-state index is 11.7. The second-order valence-corrected chi connectivity index (χ2v) is 5.07. The Hall–Kier alpha value is -2.24. The molecule has 0 heterocycles. The zero-order chi connectivity index (χ0) is 19.0. The van der Waals surface area contributed by atoms with Crippen LogP contribution in [0.15, 0.2) is 23.3 Å². The maximum Gasteiger partial charge on any atom is 0.271 e. The average Bonchev–Trinajstić information content (AvgIpc) is 2.61. The van der Waals surface area contributed by atoms with E-state index in [1.54, 1.807) is 6.92 Å². The first-order valence-corrected chi connectivity index (χ1v) is 7.43. The van der Waals surface area contributed by atoms with Crippen LogP contribution in [0.3, 0.4) is 0 Å². The number of rotatable bonds is 9. The van der Waals surface area contributed by atoms with Gasteiger partial charge in [-0.1, -0.05) is 0 Å². The largest absolute Gasteiger partial charge is 0.504 e. The number of carbonyl (C=O) groups excluding carboxylic acids is 1. The molecule has 0 aliphatic rings. The molecule has 1 amide bonds. The van der Waals surface area contributed by atoms with Crippen molar-refractivity contribution >= 4 is 12.1 Å². The zero-order valence-electron chi connectivity index (χ0n) is 13.5. The van der Waals surface area contributed by atoms with Gasteiger partial charge in [0, 0.05) is 0 Å². The van der Waals surface area contributed by atoms with Gasteiger partial charge in [-0.15, -0.1) is 0 Å². The Morgan fingerprint density at radius 2 is 1.96 bits per heavy atom. The molecule has 0 spiro atoms. The fraction of sp³-hybridized carbons (Fsp3) is 0.467. The number of ether oxygens (including phenoxy) is 1. The molecular formula is C15H22N2O8. The van der Waals surface area contributed by atoms with Crippen molar-refractivity contribution in [2.75, 3.05) is 13.2 Å². The lowest BCUT2D eigenvalue weighted by Crippen LogP contribution is -2.50. The Labute approximate surface area is 143 Å². The summed E-state index contributed by atoms with van der Waals surface area (Å²) in [6.07, 6.45) is -6.52. The Morgan fingerprint density at radius 3 is 2.56 bits per heavy atom. The molecule has 7 N–H and O–H groups in total. The Balaban J connectivity index is 2.66. The van der Waals surface area contributed by atoms with Gasteiger partial charge >= 0.3 is 0 Å². The summed E-state index contributed by atoms with van der Waals surface area (Å²) in [6.45, 7) is 1.24. The molecule has 1 rings (SSSR count). The van der Waals surface area contributed by atoms with Gasteiger partial charge in [0.15, 0.2) is 17.6 Å². The number of hydrogen-bond acceptors (Lipinski definition) is 9. The Morgan fingerprint density at radius 1 is 1.28 bits per heavy atom. The summed E-state index contributed by atoms with van der Waals surface area (Å²) in [4.78, 5) is 11.7. The van der Waals surface area contributed by atoms with E-state index in [2.05, 4.69) is 5.10 Å². The first-order chi connectivity index (χ1) is 11.8. The van der Waals surface area contributed by atoms with E-state index in [1.807, 2.05) is 5.43 Å². The third-order valence-electron chi connectivity index (χ3n) is 3.20. The van der Waals surface area contributed by atoms with Crippen LogP contribution in [0, 0.1) is 0 Å². The zero-order valence-corrected chi connectivity index (χ0v) is 13.5. The van der Waals surface area contributed by atoms with E-state index in [4.69, 9.17) is 9.84 Å². The van der Waals surface area contributed by atoms with Gasteiger partial charge in [-0.25, -0.2) is 5.43 Å². The highest BCUT2D eigenvalue weighted by Gasteiger charge is 2.34. The lowest BCUT2D eigenvalue weighted by atomic mass is 10.0. The monoisotopic (exact) mass is 358 g/mol. The lowest BCUT2D eigenvalue weighted by Gasteiger charge is -2.24. The predicted octanol–water partition coefficient (Wildman–Crippen LogP) is -2.32. The number of nitrogens with zero attached hydrogens (tertiary/aromatic N) is 1. The number of hydrazone groups is 1. The van der Waals surface area contributed by atoms with E-state index < -0.39 is 36.9 Å². The quantitative estimate of drug-likeness (QED) is 0.190. The highest BCUT2D eigenvalue weighted by molar-refractivity contribution is 5.85. The van der Waals surface area contributed by atoms with E-state index in [9.17, 15) is 30.3 Å². The number of carbonyl (C=O) groups is 1. The minimum atomic E-state index is -2.08. The summed E-state index contributed by atoms with van der Waals surface area (Å²) in [7, 11) is 0. The second-order valence-electron chi connectivity index (χ2n) is 5.07. The smallest absolute Gasteiger partial charge is 0.271 e. The molecule has 0 fully saturated rings. The minimum Gasteiger partial charge on any atom is -0.504 e. The standard InChI is InChI=1S/C15H22N2O8/c1-2-25-11-5-8(3-4-9(11)19)6-16-17-15(24)14(23)13(22)12(21)10(20)7-18/h3-6,10,12-14,18-23H,2,7H2,1H3,(H,17,24)/b16-6-/t10-,12-,13-,14-/m1/s1. The summed E-state index contributed by atoms with van der Waals surface area (Å²) in [5.74, 6) is -0.955. The van der Waals surface area contributed by atoms with Gasteiger partial charge in [-0.3, -0.25) is 4.79 Å². The molecule has 10 nitrogen and oxygen atoms in total. The molecule has 0 radical (unpaired) electrons. The molecule has 1 aromatic carbocycles. The van der Waals surface area contributed by atoms with Crippen LogP contribution in [0.2, 0.25) is 0 Å². The molecule has 4 atom stereocenters. The van der Waals surface area contributed by atoms with Crippen molar-refractivity contribution < 1.29 is 40.2 Å². The summed E-state index contributed by atoms with van der Waals surface area (Å²) in [5, 5.41) is 59.6. The van der Waals surface area contributed by atoms with E-state index in [0.717, 1.165) is 0 Å². The molecular weight excluding hydrogens is 336 g/mol. The number of aliphatic hydroxyl groups is 5. The van der Waals surface area contributed by atoms with Gasteiger partial charge in [0.05, 0.1) is 19.4 Å². The predicted molar refractivity (Wildman–Crippen MR) is 86.1 cm³/mol. The van der Waals surface area contributed by atoms with Crippen LogP contribution in [0.1, 0.15) is 12.5 Å². The number of phenolic OH excluding ortho intramolecular Hbond substituents is 1. The number of aromatic hydroxyl groups is 1. The minimum absolute atomic E-state index is 0.0574. The highest BCUT2D eigenvalue weighted by atomic mass is 16.5. The average molecular weight is 358 g/mol. The third kappa shape index (κ3) is 5.96. The fourth-order valence-corrected chi connectivity index (χ4v) is 1.80. The summed E-state index contributed by atoms with van der Waals surface area (Å²) < 4.78 is 5.19. The van der Waals surface area contributed by atoms with Crippen LogP contribution in [-0.2, 0) is 4.79 Å². The molecule has 0 aliphatic heterocycles. The van der Waals surface area contributed by atoms with Gasteiger partial charge < -0.3 is 35.4 Å². The lowest BCUT2D eigenvalue weighted by molar-refractivity contribution is -0.148. The number of amides is 1. The number of aliphatic hydroxyl groups excluding tert-OH is 5. The molecule has 1 aromatic rings. The first kappa shape index (κ1) is 20.8. The van der Waals surface area contributed by atoms with Crippen molar-refractivity contribution in [1.29, 1.82) is 0 Å². The van der Waals surface area contributed by atoms with Crippen LogP contribution in [-0.4, -0.2) is 80.4 Å². The van der Waals surface area contributed by atoms with Crippen LogP contribution >= 0.6 is 0 Å². The molecule has 10 heteroatoms. The maximum absolute atomic E-state index is 11.7. The van der Waals surface area contributed by atoms with Crippen LogP contribution in [0.5, 0.6) is 11.5 Å². The van der Waals surface area contributed by atoms with E-state index in [0.29, 0.717) is 12.2 Å². The van der Waals surface area contributed by atoms with Crippen molar-refractivity contribution in [2.45, 2.75) is 31.3 Å². The molecule has 0 unspecified atom stereocenters. The van der Waals surface area contributed by atoms with Crippen LogP contribution < -0.4 is 10.2 Å². The summed E-state index contributed by atoms with van der Waals surface area (Å²) in [6, 6.07) is 4.35. The van der Waals surface area contributed by atoms with Gasteiger partial charge in [-0.2, -0.15) is 5.10 Å². The van der Waals surface area contributed by atoms with Crippen LogP contribution in [0.25, 0.3) is 0 Å². The first-order valence-electron chi connectivity index (χ1n) is 7.43. The number of benzene rings is 1. The van der Waals surface area contributed by atoms with Crippen molar-refractivity contribution in [3.8, 4) is 11.5 Å². The molecule has 0 aliphatic carbocycles. The number of nitrogens with one attached hydrogen (secondary N) is 1. The molecule has 0 bridgehead atoms. The fourth-order valence-electron chi connectivity index (χ4n) is 1.80. The van der Waals surface area contributed by atoms with Crippen molar-refractivity contribution in [2.24, 2.45) is 5.10 Å². The second kappa shape index (κ2) is 9.91. The summed E-state index contributed by atoms with van der Waals surface area (Å²) >= 11 is 0.